The molecule has 0 saturated carbocycles. The van der Waals surface area contributed by atoms with Gasteiger partial charge >= 0.3 is 11.9 Å². The second-order valence-corrected chi connectivity index (χ2v) is 8.32. The molecule has 0 aliphatic carbocycles. The van der Waals surface area contributed by atoms with Crippen molar-refractivity contribution in [2.45, 2.75) is 85.5 Å². The van der Waals surface area contributed by atoms with E-state index in [1.54, 1.807) is 13.8 Å². The Balaban J connectivity index is 4.82. The molecule has 8 heteroatoms. The van der Waals surface area contributed by atoms with Gasteiger partial charge in [-0.25, -0.2) is 0 Å². The first-order valence-corrected chi connectivity index (χ1v) is 13.2. The van der Waals surface area contributed by atoms with E-state index in [0.29, 0.717) is 78.5 Å². The van der Waals surface area contributed by atoms with Crippen LogP contribution in [0.15, 0.2) is 0 Å². The van der Waals surface area contributed by atoms with Crippen LogP contribution in [0.5, 0.6) is 0 Å². The van der Waals surface area contributed by atoms with Gasteiger partial charge < -0.3 is 28.4 Å². The third kappa shape index (κ3) is 17.2. The lowest BCUT2D eigenvalue weighted by Gasteiger charge is -2.31. The Morgan fingerprint density at radius 1 is 0.559 bits per heavy atom. The Bertz CT molecular complexity index is 463. The molecule has 0 aliphatic heterocycles. The van der Waals surface area contributed by atoms with Crippen molar-refractivity contribution in [1.82, 2.24) is 0 Å². The first kappa shape index (κ1) is 32.8. The normalized spacial score (nSPS) is 11.5. The number of rotatable bonds is 25. The first-order chi connectivity index (χ1) is 16.6. The SMILES string of the molecule is CCCCOCCOCCC(CCCC(=O)OCC)(CCOCCOCCCC)C(=O)OCC. The zero-order valence-electron chi connectivity index (χ0n) is 22.2. The summed E-state index contributed by atoms with van der Waals surface area (Å²) in [6.07, 6.45) is 6.60. The van der Waals surface area contributed by atoms with E-state index in [9.17, 15) is 9.59 Å². The molecule has 0 heterocycles. The number of hydrogen-bond acceptors (Lipinski definition) is 8. The van der Waals surface area contributed by atoms with Gasteiger partial charge in [0.2, 0.25) is 0 Å². The van der Waals surface area contributed by atoms with Crippen LogP contribution in [0.3, 0.4) is 0 Å². The van der Waals surface area contributed by atoms with Gasteiger partial charge in [-0.15, -0.1) is 0 Å². The molecule has 8 nitrogen and oxygen atoms in total. The van der Waals surface area contributed by atoms with Crippen LogP contribution < -0.4 is 0 Å². The van der Waals surface area contributed by atoms with Crippen molar-refractivity contribution in [3.05, 3.63) is 0 Å². The van der Waals surface area contributed by atoms with Crippen LogP contribution in [0, 0.1) is 5.41 Å². The van der Waals surface area contributed by atoms with Crippen molar-refractivity contribution >= 4 is 11.9 Å². The number of esters is 2. The van der Waals surface area contributed by atoms with E-state index in [2.05, 4.69) is 13.8 Å². The number of unbranched alkanes of at least 4 members (excludes halogenated alkanes) is 2. The monoisotopic (exact) mass is 490 g/mol. The third-order valence-electron chi connectivity index (χ3n) is 5.53. The van der Waals surface area contributed by atoms with Crippen molar-refractivity contribution in [2.24, 2.45) is 5.41 Å². The van der Waals surface area contributed by atoms with Crippen molar-refractivity contribution in [1.29, 1.82) is 0 Å². The van der Waals surface area contributed by atoms with Gasteiger partial charge in [0.1, 0.15) is 0 Å². The first-order valence-electron chi connectivity index (χ1n) is 13.2. The second kappa shape index (κ2) is 23.5. The van der Waals surface area contributed by atoms with Crippen LogP contribution in [0.1, 0.15) is 85.5 Å². The summed E-state index contributed by atoms with van der Waals surface area (Å²) in [4.78, 5) is 24.9. The van der Waals surface area contributed by atoms with E-state index in [4.69, 9.17) is 28.4 Å². The topological polar surface area (TPSA) is 89.5 Å². The Labute approximate surface area is 207 Å². The Hall–Kier alpha value is -1.22. The average Bonchev–Trinajstić information content (AvgIpc) is 2.82. The summed E-state index contributed by atoms with van der Waals surface area (Å²) in [6, 6.07) is 0. The van der Waals surface area contributed by atoms with E-state index in [0.717, 1.165) is 38.9 Å². The van der Waals surface area contributed by atoms with E-state index in [-0.39, 0.29) is 18.4 Å². The molecule has 0 aromatic rings. The van der Waals surface area contributed by atoms with Crippen LogP contribution in [0.2, 0.25) is 0 Å². The van der Waals surface area contributed by atoms with Crippen molar-refractivity contribution in [3.63, 3.8) is 0 Å². The molecule has 0 N–H and O–H groups in total. The van der Waals surface area contributed by atoms with Gasteiger partial charge in [-0.1, -0.05) is 26.7 Å². The molecule has 0 atom stereocenters. The van der Waals surface area contributed by atoms with Gasteiger partial charge in [0.15, 0.2) is 0 Å². The van der Waals surface area contributed by atoms with Crippen molar-refractivity contribution in [2.75, 3.05) is 66.1 Å². The van der Waals surface area contributed by atoms with Gasteiger partial charge in [-0.2, -0.15) is 0 Å². The second-order valence-electron chi connectivity index (χ2n) is 8.32. The van der Waals surface area contributed by atoms with Crippen LogP contribution in [0.4, 0.5) is 0 Å². The van der Waals surface area contributed by atoms with Crippen molar-refractivity contribution < 1.29 is 38.0 Å². The lowest BCUT2D eigenvalue weighted by molar-refractivity contribution is -0.159. The fourth-order valence-electron chi connectivity index (χ4n) is 3.44. The molecule has 0 rings (SSSR count). The molecule has 0 saturated heterocycles. The standard InChI is InChI=1S/C26H50O8/c1-5-9-16-29-20-22-31-18-14-26(25(28)34-8-4,13-11-12-24(27)33-7-3)15-19-32-23-21-30-17-10-6-2/h5-23H2,1-4H3. The Kier molecular flexibility index (Phi) is 22.7. The highest BCUT2D eigenvalue weighted by atomic mass is 16.5. The maximum atomic E-state index is 13.0. The molecule has 34 heavy (non-hydrogen) atoms. The fraction of sp³-hybridized carbons (Fsp3) is 0.923. The molecule has 0 aliphatic rings. The van der Waals surface area contributed by atoms with Crippen LogP contribution >= 0.6 is 0 Å². The molecule has 0 fully saturated rings. The maximum absolute atomic E-state index is 13.0. The van der Waals surface area contributed by atoms with Gasteiger partial charge in [0.25, 0.3) is 0 Å². The molecule has 0 aromatic heterocycles. The Morgan fingerprint density at radius 3 is 1.47 bits per heavy atom. The minimum atomic E-state index is -0.769. The maximum Gasteiger partial charge on any atom is 0.312 e. The summed E-state index contributed by atoms with van der Waals surface area (Å²) in [5, 5.41) is 0. The minimum absolute atomic E-state index is 0.249. The highest BCUT2D eigenvalue weighted by molar-refractivity contribution is 5.77. The molecule has 0 amide bonds. The van der Waals surface area contributed by atoms with Gasteiger partial charge in [-0.3, -0.25) is 9.59 Å². The molecule has 0 radical (unpaired) electrons. The quantitative estimate of drug-likeness (QED) is 0.134. The third-order valence-corrected chi connectivity index (χ3v) is 5.53. The number of carbonyl (C=O) groups excluding carboxylic acids is 2. The predicted octanol–water partition coefficient (Wildman–Crippen LogP) is 4.72. The van der Waals surface area contributed by atoms with Gasteiger partial charge in [0.05, 0.1) is 45.1 Å². The average molecular weight is 491 g/mol. The largest absolute Gasteiger partial charge is 0.466 e. The van der Waals surface area contributed by atoms with E-state index in [1.165, 1.54) is 0 Å². The number of carbonyl (C=O) groups is 2. The zero-order valence-corrected chi connectivity index (χ0v) is 22.2. The zero-order chi connectivity index (χ0) is 25.3. The van der Waals surface area contributed by atoms with E-state index < -0.39 is 5.41 Å². The smallest absolute Gasteiger partial charge is 0.312 e. The minimum Gasteiger partial charge on any atom is -0.466 e. The predicted molar refractivity (Wildman–Crippen MR) is 132 cm³/mol. The molecule has 0 aromatic carbocycles. The summed E-state index contributed by atoms with van der Waals surface area (Å²) < 4.78 is 33.1. The molecule has 0 bridgehead atoms. The van der Waals surface area contributed by atoms with Crippen LogP contribution in [0.25, 0.3) is 0 Å². The molecule has 0 unspecified atom stereocenters. The highest BCUT2D eigenvalue weighted by Crippen LogP contribution is 2.35. The Morgan fingerprint density at radius 2 is 1.03 bits per heavy atom. The molecular formula is C26H50O8. The van der Waals surface area contributed by atoms with Crippen molar-refractivity contribution in [3.8, 4) is 0 Å². The molecule has 0 spiro atoms. The summed E-state index contributed by atoms with van der Waals surface area (Å²) in [7, 11) is 0. The fourth-order valence-corrected chi connectivity index (χ4v) is 3.44. The summed E-state index contributed by atoms with van der Waals surface area (Å²) in [6.45, 7) is 12.8. The lowest BCUT2D eigenvalue weighted by atomic mass is 9.77. The molecular weight excluding hydrogens is 440 g/mol. The number of ether oxygens (including phenoxy) is 6. The summed E-state index contributed by atoms with van der Waals surface area (Å²) in [5.74, 6) is -0.509. The number of hydrogen-bond donors (Lipinski definition) is 0. The van der Waals surface area contributed by atoms with Crippen LogP contribution in [-0.4, -0.2) is 78.0 Å². The van der Waals surface area contributed by atoms with E-state index in [1.807, 2.05) is 0 Å². The van der Waals surface area contributed by atoms with Crippen LogP contribution in [-0.2, 0) is 38.0 Å². The van der Waals surface area contributed by atoms with Gasteiger partial charge in [-0.05, 0) is 52.4 Å². The molecule has 202 valence electrons. The summed E-state index contributed by atoms with van der Waals surface area (Å²) in [5.41, 5.74) is -0.769. The highest BCUT2D eigenvalue weighted by Gasteiger charge is 2.39. The van der Waals surface area contributed by atoms with E-state index >= 15 is 0 Å². The van der Waals surface area contributed by atoms with Gasteiger partial charge in [0, 0.05) is 32.8 Å². The lowest BCUT2D eigenvalue weighted by Crippen LogP contribution is -2.36. The summed E-state index contributed by atoms with van der Waals surface area (Å²) >= 11 is 0.